The molecule has 0 bridgehead atoms. The van der Waals surface area contributed by atoms with E-state index >= 15 is 0 Å². The minimum Gasteiger partial charge on any atom is -0.481 e. The number of methoxy groups -OCH3 is 1. The molecule has 0 aliphatic carbocycles. The summed E-state index contributed by atoms with van der Waals surface area (Å²) >= 11 is 0. The Kier molecular flexibility index (Phi) is 6.01. The highest BCUT2D eigenvalue weighted by atomic mass is 16.5. The summed E-state index contributed by atoms with van der Waals surface area (Å²) in [4.78, 5) is 38.7. The maximum atomic E-state index is 12.8. The van der Waals surface area contributed by atoms with Crippen LogP contribution < -0.4 is 9.64 Å². The predicted molar refractivity (Wildman–Crippen MR) is 116 cm³/mol. The van der Waals surface area contributed by atoms with Gasteiger partial charge in [-0.15, -0.1) is 0 Å². The fraction of sp³-hybridized carbons (Fsp3) is 0.364. The lowest BCUT2D eigenvalue weighted by Crippen LogP contribution is -2.38. The van der Waals surface area contributed by atoms with E-state index in [0.29, 0.717) is 36.1 Å². The Morgan fingerprint density at radius 3 is 2.52 bits per heavy atom. The van der Waals surface area contributed by atoms with E-state index in [9.17, 15) is 4.79 Å². The fourth-order valence-corrected chi connectivity index (χ4v) is 3.61. The third-order valence-corrected chi connectivity index (χ3v) is 5.38. The van der Waals surface area contributed by atoms with Crippen molar-refractivity contribution in [3.8, 4) is 17.4 Å². The van der Waals surface area contributed by atoms with Gasteiger partial charge in [0.05, 0.1) is 18.9 Å². The molecule has 0 spiro atoms. The van der Waals surface area contributed by atoms with Gasteiger partial charge in [-0.05, 0) is 18.9 Å². The minimum absolute atomic E-state index is 0.00878. The van der Waals surface area contributed by atoms with Gasteiger partial charge in [-0.3, -0.25) is 9.78 Å². The summed E-state index contributed by atoms with van der Waals surface area (Å²) in [6, 6.07) is 5.48. The van der Waals surface area contributed by atoms with E-state index in [1.165, 1.54) is 0 Å². The first-order valence-corrected chi connectivity index (χ1v) is 10.2. The van der Waals surface area contributed by atoms with E-state index in [2.05, 4.69) is 19.9 Å². The van der Waals surface area contributed by atoms with Gasteiger partial charge >= 0.3 is 0 Å². The summed E-state index contributed by atoms with van der Waals surface area (Å²) in [6.45, 7) is 1.33. The van der Waals surface area contributed by atoms with Gasteiger partial charge in [0.15, 0.2) is 5.82 Å². The number of hydrogen-bond acceptors (Lipinski definition) is 8. The molecule has 160 valence electrons. The van der Waals surface area contributed by atoms with Crippen molar-refractivity contribution >= 4 is 11.7 Å². The fourth-order valence-electron chi connectivity index (χ4n) is 3.61. The zero-order valence-corrected chi connectivity index (χ0v) is 17.9. The van der Waals surface area contributed by atoms with Crippen molar-refractivity contribution in [1.29, 1.82) is 0 Å². The largest absolute Gasteiger partial charge is 0.481 e. The van der Waals surface area contributed by atoms with Gasteiger partial charge in [0.2, 0.25) is 5.88 Å². The maximum Gasteiger partial charge on any atom is 0.255 e. The topological polar surface area (TPSA) is 97.2 Å². The monoisotopic (exact) mass is 419 g/mol. The number of likely N-dealkylation sites (tertiary alicyclic amines) is 1. The molecule has 4 heterocycles. The molecule has 0 radical (unpaired) electrons. The molecule has 0 aromatic carbocycles. The van der Waals surface area contributed by atoms with Crippen LogP contribution >= 0.6 is 0 Å². The molecule has 3 aromatic rings. The zero-order chi connectivity index (χ0) is 21.8. The van der Waals surface area contributed by atoms with Gasteiger partial charge in [0, 0.05) is 69.5 Å². The van der Waals surface area contributed by atoms with Crippen molar-refractivity contribution in [3.05, 3.63) is 54.2 Å². The van der Waals surface area contributed by atoms with Gasteiger partial charge in [0.25, 0.3) is 5.91 Å². The molecular formula is C22H25N7O2. The van der Waals surface area contributed by atoms with E-state index < -0.39 is 0 Å². The number of pyridine rings is 1. The molecule has 3 aromatic heterocycles. The average molecular weight is 419 g/mol. The lowest BCUT2D eigenvalue weighted by molar-refractivity contribution is 0.0711. The van der Waals surface area contributed by atoms with Crippen LogP contribution in [0.25, 0.3) is 11.5 Å². The SMILES string of the molecule is COc1ccc(C(=O)N2CCC(c3cc(N(C)C)nc(-c4cnccn4)n3)CC2)cn1. The smallest absolute Gasteiger partial charge is 0.255 e. The third-order valence-electron chi connectivity index (χ3n) is 5.38. The Hall–Kier alpha value is -3.62. The Morgan fingerprint density at radius 1 is 1.10 bits per heavy atom. The third kappa shape index (κ3) is 4.60. The average Bonchev–Trinajstić information content (AvgIpc) is 2.84. The number of rotatable bonds is 5. The number of amides is 1. The van der Waals surface area contributed by atoms with Crippen molar-refractivity contribution in [3.63, 3.8) is 0 Å². The lowest BCUT2D eigenvalue weighted by atomic mass is 9.92. The number of nitrogens with zero attached hydrogens (tertiary/aromatic N) is 7. The first kappa shape index (κ1) is 20.6. The number of carbonyl (C=O) groups is 1. The van der Waals surface area contributed by atoms with Crippen LogP contribution in [0.2, 0.25) is 0 Å². The van der Waals surface area contributed by atoms with Crippen LogP contribution in [-0.4, -0.2) is 70.0 Å². The molecular weight excluding hydrogens is 394 g/mol. The Bertz CT molecular complexity index is 1030. The van der Waals surface area contributed by atoms with Crippen molar-refractivity contribution in [2.45, 2.75) is 18.8 Å². The van der Waals surface area contributed by atoms with Crippen LogP contribution in [0, 0.1) is 0 Å². The maximum absolute atomic E-state index is 12.8. The van der Waals surface area contributed by atoms with Gasteiger partial charge in [-0.25, -0.2) is 19.9 Å². The highest BCUT2D eigenvalue weighted by molar-refractivity contribution is 5.94. The Labute approximate surface area is 181 Å². The normalized spacial score (nSPS) is 14.4. The number of ether oxygens (including phenoxy) is 1. The molecule has 1 fully saturated rings. The second-order valence-electron chi connectivity index (χ2n) is 7.62. The molecule has 9 nitrogen and oxygen atoms in total. The van der Waals surface area contributed by atoms with Gasteiger partial charge in [0.1, 0.15) is 11.5 Å². The summed E-state index contributed by atoms with van der Waals surface area (Å²) in [5.74, 6) is 2.13. The summed E-state index contributed by atoms with van der Waals surface area (Å²) in [5.41, 5.74) is 2.19. The molecule has 1 saturated heterocycles. The second kappa shape index (κ2) is 9.03. The van der Waals surface area contributed by atoms with E-state index in [0.717, 1.165) is 24.4 Å². The van der Waals surface area contributed by atoms with E-state index in [1.54, 1.807) is 44.0 Å². The quantitative estimate of drug-likeness (QED) is 0.622. The number of carbonyl (C=O) groups excluding carboxylic acids is 1. The molecule has 31 heavy (non-hydrogen) atoms. The first-order chi connectivity index (χ1) is 15.0. The number of aromatic nitrogens is 5. The molecule has 1 aliphatic rings. The van der Waals surface area contributed by atoms with Crippen molar-refractivity contribution in [1.82, 2.24) is 29.8 Å². The van der Waals surface area contributed by atoms with Crippen LogP contribution in [0.15, 0.2) is 43.0 Å². The van der Waals surface area contributed by atoms with E-state index in [1.807, 2.05) is 30.0 Å². The van der Waals surface area contributed by atoms with Crippen LogP contribution in [0.3, 0.4) is 0 Å². The van der Waals surface area contributed by atoms with Crippen LogP contribution in [0.4, 0.5) is 5.82 Å². The summed E-state index contributed by atoms with van der Waals surface area (Å²) in [7, 11) is 5.46. The number of anilines is 1. The van der Waals surface area contributed by atoms with E-state index in [4.69, 9.17) is 9.72 Å². The lowest BCUT2D eigenvalue weighted by Gasteiger charge is -2.32. The summed E-state index contributed by atoms with van der Waals surface area (Å²) in [5, 5.41) is 0. The summed E-state index contributed by atoms with van der Waals surface area (Å²) in [6.07, 6.45) is 8.17. The molecule has 1 aliphatic heterocycles. The number of hydrogen-bond donors (Lipinski definition) is 0. The molecule has 4 rings (SSSR count). The molecule has 9 heteroatoms. The predicted octanol–water partition coefficient (Wildman–Crippen LogP) is 2.42. The van der Waals surface area contributed by atoms with Gasteiger partial charge < -0.3 is 14.5 Å². The first-order valence-electron chi connectivity index (χ1n) is 10.2. The molecule has 0 saturated carbocycles. The standard InChI is InChI=1S/C22H25N7O2/c1-28(2)19-12-17(26-21(27-19)18-14-23-8-9-24-18)15-6-10-29(11-7-15)22(30)16-4-5-20(31-3)25-13-16/h4-5,8-9,12-15H,6-7,10-11H2,1-3H3. The van der Waals surface area contributed by atoms with Gasteiger partial charge in [-0.2, -0.15) is 0 Å². The van der Waals surface area contributed by atoms with Crippen molar-refractivity contribution in [2.75, 3.05) is 39.2 Å². The van der Waals surface area contributed by atoms with Crippen molar-refractivity contribution in [2.24, 2.45) is 0 Å². The summed E-state index contributed by atoms with van der Waals surface area (Å²) < 4.78 is 5.07. The Balaban J connectivity index is 1.50. The van der Waals surface area contributed by atoms with Crippen LogP contribution in [0.5, 0.6) is 5.88 Å². The molecule has 1 amide bonds. The molecule has 0 unspecified atom stereocenters. The molecule has 0 atom stereocenters. The van der Waals surface area contributed by atoms with Gasteiger partial charge in [-0.1, -0.05) is 0 Å². The minimum atomic E-state index is -0.00878. The van der Waals surface area contributed by atoms with Crippen molar-refractivity contribution < 1.29 is 9.53 Å². The highest BCUT2D eigenvalue weighted by Gasteiger charge is 2.26. The van der Waals surface area contributed by atoms with E-state index in [-0.39, 0.29) is 11.8 Å². The molecule has 0 N–H and O–H groups in total. The van der Waals surface area contributed by atoms with Crippen LogP contribution in [0.1, 0.15) is 34.8 Å². The Morgan fingerprint density at radius 2 is 1.90 bits per heavy atom. The van der Waals surface area contributed by atoms with Crippen LogP contribution in [-0.2, 0) is 0 Å². The zero-order valence-electron chi connectivity index (χ0n) is 17.9. The highest BCUT2D eigenvalue weighted by Crippen LogP contribution is 2.30. The number of piperidine rings is 1. The second-order valence-corrected chi connectivity index (χ2v) is 7.62.